The van der Waals surface area contributed by atoms with Crippen LogP contribution in [0.1, 0.15) is 60.8 Å². The summed E-state index contributed by atoms with van der Waals surface area (Å²) in [6, 6.07) is 0. The van der Waals surface area contributed by atoms with E-state index in [-0.39, 0.29) is 37.0 Å². The number of rotatable bonds is 6. The lowest BCUT2D eigenvalue weighted by Crippen LogP contribution is -2.79. The number of hydrogen-bond acceptors (Lipinski definition) is 12. The summed E-state index contributed by atoms with van der Waals surface area (Å²) in [5.41, 5.74) is -5.77. The number of methoxy groups -OCH3 is 1. The molecule has 42 heavy (non-hydrogen) atoms. The Hall–Kier alpha value is -2.54. The molecule has 0 amide bonds. The minimum absolute atomic E-state index is 0.142. The molecule has 2 heterocycles. The SMILES string of the molecule is COC(=O)[C@]12OC[C@@]34C1[C@@H](OC(=O)CC(O)(C(C)C)C(C)C)C(=O)O[C@@H]3C[C@H]1C(C)=C(O)C(=O)C[C@]1(C)[C@H]4[C@@H](O)[C@@H]2O. The normalized spacial score (nSPS) is 42.7. The average molecular weight is 595 g/mol. The third-order valence-corrected chi connectivity index (χ3v) is 11.5. The summed E-state index contributed by atoms with van der Waals surface area (Å²) < 4.78 is 22.9. The van der Waals surface area contributed by atoms with E-state index in [0.717, 1.165) is 7.11 Å². The van der Waals surface area contributed by atoms with E-state index in [2.05, 4.69) is 0 Å². The van der Waals surface area contributed by atoms with E-state index in [4.69, 9.17) is 18.9 Å². The van der Waals surface area contributed by atoms with Crippen molar-refractivity contribution >= 4 is 23.7 Å². The van der Waals surface area contributed by atoms with Gasteiger partial charge in [0, 0.05) is 17.8 Å². The second-order valence-corrected chi connectivity index (χ2v) is 13.8. The van der Waals surface area contributed by atoms with Crippen LogP contribution in [0.5, 0.6) is 0 Å². The third kappa shape index (κ3) is 3.67. The zero-order valence-electron chi connectivity index (χ0n) is 25.1. The molecule has 2 aliphatic heterocycles. The number of allylic oxidation sites excluding steroid dienone is 2. The first-order valence-corrected chi connectivity index (χ1v) is 14.6. The van der Waals surface area contributed by atoms with Crippen LogP contribution >= 0.6 is 0 Å². The van der Waals surface area contributed by atoms with E-state index in [1.165, 1.54) is 0 Å². The van der Waals surface area contributed by atoms with Crippen molar-refractivity contribution in [1.82, 2.24) is 0 Å². The van der Waals surface area contributed by atoms with E-state index in [0.29, 0.717) is 5.57 Å². The average Bonchev–Trinajstić information content (AvgIpc) is 3.22. The van der Waals surface area contributed by atoms with Crippen molar-refractivity contribution in [2.45, 2.75) is 96.4 Å². The number of ether oxygens (including phenoxy) is 4. The number of aliphatic hydroxyl groups is 4. The molecule has 0 aromatic rings. The van der Waals surface area contributed by atoms with Gasteiger partial charge in [-0.05, 0) is 42.1 Å². The van der Waals surface area contributed by atoms with Gasteiger partial charge in [0.05, 0.1) is 37.8 Å². The minimum Gasteiger partial charge on any atom is -0.504 e. The fraction of sp³-hybridized carbons (Fsp3) is 0.800. The summed E-state index contributed by atoms with van der Waals surface area (Å²) in [6.07, 6.45) is -6.74. The molecule has 0 radical (unpaired) electrons. The second-order valence-electron chi connectivity index (χ2n) is 13.8. The quantitative estimate of drug-likeness (QED) is 0.253. The minimum atomic E-state index is -2.28. The van der Waals surface area contributed by atoms with Crippen molar-refractivity contribution in [3.63, 3.8) is 0 Å². The van der Waals surface area contributed by atoms with Crippen LogP contribution in [0.25, 0.3) is 0 Å². The first-order valence-electron chi connectivity index (χ1n) is 14.6. The number of fused-ring (bicyclic) bond motifs is 2. The molecule has 0 aromatic carbocycles. The molecular formula is C30H42O12. The van der Waals surface area contributed by atoms with Crippen LogP contribution in [-0.2, 0) is 38.1 Å². The monoisotopic (exact) mass is 594 g/mol. The van der Waals surface area contributed by atoms with E-state index >= 15 is 0 Å². The van der Waals surface area contributed by atoms with Gasteiger partial charge >= 0.3 is 17.9 Å². The zero-order chi connectivity index (χ0) is 31.3. The standard InChI is InChI=1S/C30H42O12/c1-12(2)29(38,13(3)4)10-18(32)42-21-23-28-11-40-30(23,26(37)39-7)24(35)20(34)22(28)27(6)9-16(31)19(33)14(5)15(27)8-17(28)41-25(21)36/h12-13,15,17,20-24,33-35,38H,8-11H2,1-7H3/t15-,17+,20+,21+,22+,23?,24-,27-,28+,30-/m0/s1. The van der Waals surface area contributed by atoms with Gasteiger partial charge in [-0.2, -0.15) is 0 Å². The summed E-state index contributed by atoms with van der Waals surface area (Å²) in [5, 5.41) is 45.2. The molecule has 12 heteroatoms. The van der Waals surface area contributed by atoms with Gasteiger partial charge in [0.1, 0.15) is 12.2 Å². The van der Waals surface area contributed by atoms with Crippen molar-refractivity contribution in [1.29, 1.82) is 0 Å². The summed E-state index contributed by atoms with van der Waals surface area (Å²) in [5.74, 6) is -7.33. The maximum Gasteiger partial charge on any atom is 0.348 e. The highest BCUT2D eigenvalue weighted by atomic mass is 16.6. The number of esters is 3. The van der Waals surface area contributed by atoms with Gasteiger partial charge in [-0.25, -0.2) is 9.59 Å². The predicted molar refractivity (Wildman–Crippen MR) is 142 cm³/mol. The lowest BCUT2D eigenvalue weighted by Gasteiger charge is -2.67. The first-order chi connectivity index (χ1) is 19.4. The van der Waals surface area contributed by atoms with Crippen molar-refractivity contribution in [3.05, 3.63) is 11.3 Å². The Balaban J connectivity index is 1.66. The number of carbonyl (C=O) groups excluding carboxylic acids is 4. The Kier molecular flexibility index (Phi) is 7.16. The van der Waals surface area contributed by atoms with Crippen LogP contribution in [0.3, 0.4) is 0 Å². The fourth-order valence-corrected chi connectivity index (χ4v) is 9.35. The Morgan fingerprint density at radius 3 is 2.31 bits per heavy atom. The van der Waals surface area contributed by atoms with Gasteiger partial charge in [0.15, 0.2) is 11.5 Å². The zero-order valence-corrected chi connectivity index (χ0v) is 25.1. The van der Waals surface area contributed by atoms with Crippen LogP contribution in [0, 0.1) is 40.4 Å². The van der Waals surface area contributed by atoms with E-state index in [1.54, 1.807) is 41.5 Å². The van der Waals surface area contributed by atoms with Crippen molar-refractivity contribution < 1.29 is 58.6 Å². The Bertz CT molecular complexity index is 1230. The number of hydrogen-bond donors (Lipinski definition) is 4. The summed E-state index contributed by atoms with van der Waals surface area (Å²) in [4.78, 5) is 53.5. The highest BCUT2D eigenvalue weighted by Gasteiger charge is 2.85. The molecule has 0 aromatic heterocycles. The number of carbonyl (C=O) groups is 4. The Labute approximate surface area is 244 Å². The molecule has 3 aliphatic carbocycles. The molecule has 2 bridgehead atoms. The van der Waals surface area contributed by atoms with Crippen LogP contribution in [0.2, 0.25) is 0 Å². The van der Waals surface area contributed by atoms with Crippen LogP contribution in [0.15, 0.2) is 11.3 Å². The molecule has 234 valence electrons. The molecule has 1 spiro atoms. The van der Waals surface area contributed by atoms with Crippen molar-refractivity contribution in [3.8, 4) is 0 Å². The summed E-state index contributed by atoms with van der Waals surface area (Å²) >= 11 is 0. The maximum atomic E-state index is 13.7. The summed E-state index contributed by atoms with van der Waals surface area (Å²) in [6.45, 7) is 10.2. The molecule has 1 unspecified atom stereocenters. The summed E-state index contributed by atoms with van der Waals surface area (Å²) in [7, 11) is 1.08. The van der Waals surface area contributed by atoms with Gasteiger partial charge in [0.25, 0.3) is 0 Å². The second kappa shape index (κ2) is 9.73. The van der Waals surface area contributed by atoms with Crippen LogP contribution < -0.4 is 0 Å². The number of ketones is 1. The van der Waals surface area contributed by atoms with Crippen molar-refractivity contribution in [2.75, 3.05) is 13.7 Å². The van der Waals surface area contributed by atoms with E-state index in [9.17, 15) is 39.6 Å². The van der Waals surface area contributed by atoms with Crippen LogP contribution in [-0.4, -0.2) is 93.5 Å². The van der Waals surface area contributed by atoms with Crippen LogP contribution in [0.4, 0.5) is 0 Å². The van der Waals surface area contributed by atoms with Gasteiger partial charge in [0.2, 0.25) is 11.7 Å². The molecule has 5 aliphatic rings. The van der Waals surface area contributed by atoms with Gasteiger partial charge < -0.3 is 39.4 Å². The highest BCUT2D eigenvalue weighted by Crippen LogP contribution is 2.72. The molecule has 2 saturated carbocycles. The molecule has 4 fully saturated rings. The largest absolute Gasteiger partial charge is 0.504 e. The molecule has 2 saturated heterocycles. The highest BCUT2D eigenvalue weighted by molar-refractivity contribution is 5.95. The first kappa shape index (κ1) is 30.9. The molecule has 12 nitrogen and oxygen atoms in total. The predicted octanol–water partition coefficient (Wildman–Crippen LogP) is 0.984. The lowest BCUT2D eigenvalue weighted by atomic mass is 9.38. The molecular weight excluding hydrogens is 552 g/mol. The molecule has 10 atom stereocenters. The van der Waals surface area contributed by atoms with Gasteiger partial charge in [-0.1, -0.05) is 34.6 Å². The number of aliphatic hydroxyl groups excluding tert-OH is 3. The third-order valence-electron chi connectivity index (χ3n) is 11.5. The smallest absolute Gasteiger partial charge is 0.348 e. The maximum absolute atomic E-state index is 13.7. The van der Waals surface area contributed by atoms with E-state index in [1.807, 2.05) is 0 Å². The Morgan fingerprint density at radius 2 is 1.74 bits per heavy atom. The molecule has 4 N–H and O–H groups in total. The van der Waals surface area contributed by atoms with Gasteiger partial charge in [-0.15, -0.1) is 0 Å². The lowest BCUT2D eigenvalue weighted by molar-refractivity contribution is -0.291. The molecule has 5 rings (SSSR count). The fourth-order valence-electron chi connectivity index (χ4n) is 9.35. The topological polar surface area (TPSA) is 186 Å². The Morgan fingerprint density at radius 1 is 1.12 bits per heavy atom. The van der Waals surface area contributed by atoms with Crippen molar-refractivity contribution in [2.24, 2.45) is 40.4 Å². The number of Topliss-reactive ketones (excluding diaryl/α,β-unsaturated/α-hetero) is 1. The van der Waals surface area contributed by atoms with E-state index < -0.39 is 94.3 Å². The van der Waals surface area contributed by atoms with Gasteiger partial charge in [-0.3, -0.25) is 9.59 Å².